The number of pyridine rings is 1. The van der Waals surface area contributed by atoms with Gasteiger partial charge in [-0.1, -0.05) is 0 Å². The van der Waals surface area contributed by atoms with Gasteiger partial charge in [0.2, 0.25) is 0 Å². The first-order valence-corrected chi connectivity index (χ1v) is 18.3. The molecular weight excluding hydrogens is 660 g/mol. The number of fused-ring (bicyclic) bond motifs is 1. The number of anilines is 2. The summed E-state index contributed by atoms with van der Waals surface area (Å²) in [5, 5.41) is 19.0. The Morgan fingerprint density at radius 1 is 1.10 bits per heavy atom. The van der Waals surface area contributed by atoms with E-state index in [1.807, 2.05) is 12.1 Å². The third-order valence-electron chi connectivity index (χ3n) is 10.9. The summed E-state index contributed by atoms with van der Waals surface area (Å²) >= 11 is 0.928. The first-order chi connectivity index (χ1) is 24.3. The molecule has 8 rings (SSSR count). The Kier molecular flexibility index (Phi) is 9.00. The van der Waals surface area contributed by atoms with Crippen LogP contribution >= 0.6 is 11.9 Å². The van der Waals surface area contributed by atoms with Gasteiger partial charge in [-0.25, -0.2) is 9.37 Å². The third kappa shape index (κ3) is 6.71. The Hall–Kier alpha value is -4.40. The van der Waals surface area contributed by atoms with Gasteiger partial charge in [-0.2, -0.15) is 0 Å². The average molecular weight is 701 g/mol. The van der Waals surface area contributed by atoms with Crippen LogP contribution in [0.1, 0.15) is 48.9 Å². The van der Waals surface area contributed by atoms with E-state index in [1.54, 1.807) is 30.6 Å². The number of halogens is 1. The second kappa shape index (κ2) is 13.7. The molecule has 1 amide bonds. The summed E-state index contributed by atoms with van der Waals surface area (Å²) in [6.07, 6.45) is 10.4. The molecule has 4 N–H and O–H groups in total. The average Bonchev–Trinajstić information content (AvgIpc) is 3.79. The molecule has 4 aliphatic rings. The first-order valence-electron chi connectivity index (χ1n) is 17.5. The number of nitrogens with zero attached hydrogens (tertiary/aromatic N) is 4. The van der Waals surface area contributed by atoms with Crippen molar-refractivity contribution in [2.45, 2.75) is 49.5 Å². The minimum atomic E-state index is -0.589. The minimum Gasteiger partial charge on any atom is -0.455 e. The number of carbonyl (C=O) groups is 1. The van der Waals surface area contributed by atoms with E-state index in [0.29, 0.717) is 51.6 Å². The highest BCUT2D eigenvalue weighted by atomic mass is 32.2. The van der Waals surface area contributed by atoms with E-state index in [2.05, 4.69) is 35.1 Å². The molecule has 12 nitrogen and oxygen atoms in total. The predicted molar refractivity (Wildman–Crippen MR) is 192 cm³/mol. The molecule has 3 aliphatic heterocycles. The Balaban J connectivity index is 0.995. The summed E-state index contributed by atoms with van der Waals surface area (Å²) in [7, 11) is 0. The number of ether oxygens (including phenoxy) is 1. The molecule has 0 bridgehead atoms. The van der Waals surface area contributed by atoms with Gasteiger partial charge in [0.05, 0.1) is 22.4 Å². The third-order valence-corrected chi connectivity index (χ3v) is 11.7. The number of likely N-dealkylation sites (tertiary alicyclic amines) is 1. The van der Waals surface area contributed by atoms with E-state index in [0.717, 1.165) is 56.4 Å². The first kappa shape index (κ1) is 32.8. The molecule has 4 aromatic rings. The SMILES string of the molecule is O=C(NSc1ccc(NCC2CNC2)c([N+](=O)[O-])c1)c1cc(F)c(N2CCC3(CC2)CC(N2CCCC2)C3)cc1Oc1cnc2[nH]ccc2c1. The number of aromatic amines is 1. The van der Waals surface area contributed by atoms with Crippen molar-refractivity contribution in [3.8, 4) is 11.5 Å². The van der Waals surface area contributed by atoms with Crippen molar-refractivity contribution in [3.63, 3.8) is 0 Å². The fourth-order valence-electron chi connectivity index (χ4n) is 7.87. The fraction of sp³-hybridized carbons (Fsp3) is 0.444. The maximum absolute atomic E-state index is 16.0. The number of amides is 1. The molecule has 1 spiro atoms. The number of hydrogen-bond donors (Lipinski definition) is 4. The van der Waals surface area contributed by atoms with Crippen LogP contribution in [0.15, 0.2) is 59.8 Å². The molecule has 50 heavy (non-hydrogen) atoms. The maximum atomic E-state index is 16.0. The van der Waals surface area contributed by atoms with E-state index in [-0.39, 0.29) is 17.0 Å². The molecule has 0 radical (unpaired) electrons. The number of rotatable bonds is 11. The second-order valence-corrected chi connectivity index (χ2v) is 15.0. The molecular formula is C36H41FN8O4S. The van der Waals surface area contributed by atoms with Gasteiger partial charge in [-0.05, 0) is 99.3 Å². The molecule has 0 atom stereocenters. The number of hydrogen-bond acceptors (Lipinski definition) is 10. The number of piperidine rings is 1. The quantitative estimate of drug-likeness (QED) is 0.0799. The van der Waals surface area contributed by atoms with Crippen LogP contribution in [0.2, 0.25) is 0 Å². The minimum absolute atomic E-state index is 0.00994. The number of nitro groups is 1. The standard InChI is InChI=1S/C36H41FN8O4S/c37-29-15-28(35(46)42-50-27-3-4-30(32(14-27)45(47)48)40-21-23-19-38-20-23)33(49-26-13-24-5-8-39-34(24)41-22-26)16-31(29)44-11-6-36(7-12-44)17-25(18-36)43-9-1-2-10-43/h3-5,8,13-16,22-23,25,38,40H,1-2,6-7,9-12,17-21H2,(H,39,41)(H,42,46). The maximum Gasteiger partial charge on any atom is 0.293 e. The molecule has 262 valence electrons. The molecule has 4 fully saturated rings. The zero-order valence-electron chi connectivity index (χ0n) is 27.8. The second-order valence-electron chi connectivity index (χ2n) is 14.2. The number of nitro benzene ring substituents is 1. The molecule has 2 aromatic heterocycles. The summed E-state index contributed by atoms with van der Waals surface area (Å²) in [4.78, 5) is 37.7. The molecule has 3 saturated heterocycles. The lowest BCUT2D eigenvalue weighted by Gasteiger charge is -2.55. The monoisotopic (exact) mass is 700 g/mol. The molecule has 1 saturated carbocycles. The van der Waals surface area contributed by atoms with Crippen LogP contribution in [-0.4, -0.2) is 77.6 Å². The zero-order chi connectivity index (χ0) is 34.2. The number of nitrogens with one attached hydrogen (secondary N) is 4. The van der Waals surface area contributed by atoms with Gasteiger partial charge in [0.1, 0.15) is 28.7 Å². The predicted octanol–water partition coefficient (Wildman–Crippen LogP) is 6.32. The van der Waals surface area contributed by atoms with Gasteiger partial charge in [0, 0.05) is 73.3 Å². The van der Waals surface area contributed by atoms with Crippen molar-refractivity contribution < 1.29 is 18.8 Å². The van der Waals surface area contributed by atoms with E-state index >= 15 is 4.39 Å². The van der Waals surface area contributed by atoms with Crippen LogP contribution < -0.4 is 25.0 Å². The number of aromatic nitrogens is 2. The summed E-state index contributed by atoms with van der Waals surface area (Å²) in [5.74, 6) is -0.0565. The van der Waals surface area contributed by atoms with Gasteiger partial charge in [0.25, 0.3) is 11.6 Å². The Bertz CT molecular complexity index is 1900. The fourth-order valence-corrected chi connectivity index (χ4v) is 8.49. The Labute approximate surface area is 293 Å². The van der Waals surface area contributed by atoms with Crippen LogP contribution in [-0.2, 0) is 0 Å². The number of carbonyl (C=O) groups excluding carboxylic acids is 1. The van der Waals surface area contributed by atoms with Crippen LogP contribution in [0.25, 0.3) is 11.0 Å². The molecule has 14 heteroatoms. The smallest absolute Gasteiger partial charge is 0.293 e. The summed E-state index contributed by atoms with van der Waals surface area (Å²) < 4.78 is 25.0. The highest BCUT2D eigenvalue weighted by molar-refractivity contribution is 7.98. The molecule has 2 aromatic carbocycles. The summed E-state index contributed by atoms with van der Waals surface area (Å²) in [6.45, 7) is 6.30. The van der Waals surface area contributed by atoms with Gasteiger partial charge in [-0.3, -0.25) is 19.6 Å². The highest BCUT2D eigenvalue weighted by Crippen LogP contribution is 2.52. The number of benzene rings is 2. The van der Waals surface area contributed by atoms with Crippen LogP contribution in [0.5, 0.6) is 11.5 Å². The zero-order valence-corrected chi connectivity index (χ0v) is 28.6. The van der Waals surface area contributed by atoms with Gasteiger partial charge < -0.3 is 30.2 Å². The van der Waals surface area contributed by atoms with Gasteiger partial charge in [0.15, 0.2) is 0 Å². The highest BCUT2D eigenvalue weighted by Gasteiger charge is 2.48. The number of H-pyrrole nitrogens is 1. The lowest BCUT2D eigenvalue weighted by molar-refractivity contribution is -0.384. The van der Waals surface area contributed by atoms with Gasteiger partial charge in [-0.15, -0.1) is 0 Å². The van der Waals surface area contributed by atoms with E-state index in [4.69, 9.17) is 4.74 Å². The Morgan fingerprint density at radius 2 is 1.90 bits per heavy atom. The van der Waals surface area contributed by atoms with Crippen molar-refractivity contribution in [1.29, 1.82) is 0 Å². The van der Waals surface area contributed by atoms with E-state index in [1.165, 1.54) is 50.9 Å². The van der Waals surface area contributed by atoms with Crippen LogP contribution in [0.3, 0.4) is 0 Å². The molecule has 1 aliphatic carbocycles. The molecule has 5 heterocycles. The van der Waals surface area contributed by atoms with E-state index < -0.39 is 16.6 Å². The summed E-state index contributed by atoms with van der Waals surface area (Å²) in [6, 6.07) is 12.0. The van der Waals surface area contributed by atoms with Gasteiger partial charge >= 0.3 is 0 Å². The van der Waals surface area contributed by atoms with Crippen molar-refractivity contribution in [2.24, 2.45) is 11.3 Å². The van der Waals surface area contributed by atoms with Crippen molar-refractivity contribution in [1.82, 2.24) is 24.9 Å². The van der Waals surface area contributed by atoms with Crippen LogP contribution in [0, 0.1) is 27.3 Å². The van der Waals surface area contributed by atoms with Crippen molar-refractivity contribution >= 4 is 46.0 Å². The lowest BCUT2D eigenvalue weighted by atomic mass is 9.60. The molecule has 0 unspecified atom stereocenters. The largest absolute Gasteiger partial charge is 0.455 e. The van der Waals surface area contributed by atoms with Crippen LogP contribution in [0.4, 0.5) is 21.5 Å². The van der Waals surface area contributed by atoms with E-state index in [9.17, 15) is 14.9 Å². The normalized spacial score (nSPS) is 19.3. The van der Waals surface area contributed by atoms with Crippen molar-refractivity contribution in [3.05, 3.63) is 76.4 Å². The van der Waals surface area contributed by atoms with Crippen molar-refractivity contribution in [2.75, 3.05) is 56.0 Å². The summed E-state index contributed by atoms with van der Waals surface area (Å²) in [5.41, 5.74) is 1.79. The lowest BCUT2D eigenvalue weighted by Crippen LogP contribution is -2.54. The topological polar surface area (TPSA) is 141 Å². The Morgan fingerprint density at radius 3 is 2.64 bits per heavy atom.